The SMILES string of the molecule is C.O=[SH](=O)NCS(=O)(=O)Nc1ccnc(Cl)c1I. The van der Waals surface area contributed by atoms with Gasteiger partial charge in [-0.1, -0.05) is 19.0 Å². The second-order valence-corrected chi connectivity index (χ2v) is 6.73. The minimum Gasteiger partial charge on any atom is -0.281 e. The molecule has 0 radical (unpaired) electrons. The van der Waals surface area contributed by atoms with Gasteiger partial charge in [0.05, 0.1) is 9.26 Å². The molecule has 0 fully saturated rings. The molecule has 0 aromatic carbocycles. The van der Waals surface area contributed by atoms with E-state index < -0.39 is 26.8 Å². The van der Waals surface area contributed by atoms with E-state index in [9.17, 15) is 16.8 Å². The van der Waals surface area contributed by atoms with E-state index in [0.717, 1.165) is 0 Å². The Morgan fingerprint density at radius 1 is 1.44 bits per heavy atom. The van der Waals surface area contributed by atoms with Crippen molar-refractivity contribution in [1.29, 1.82) is 0 Å². The molecule has 1 rings (SSSR count). The Balaban J connectivity index is 0.00000289. The van der Waals surface area contributed by atoms with Crippen molar-refractivity contribution in [2.75, 3.05) is 10.6 Å². The summed E-state index contributed by atoms with van der Waals surface area (Å²) in [5, 5.41) is 0.161. The highest BCUT2D eigenvalue weighted by Crippen LogP contribution is 2.24. The normalized spacial score (nSPS) is 11.1. The summed E-state index contributed by atoms with van der Waals surface area (Å²) in [7, 11) is -6.77. The number of rotatable bonds is 5. The van der Waals surface area contributed by atoms with Crippen molar-refractivity contribution < 1.29 is 16.8 Å². The highest BCUT2D eigenvalue weighted by molar-refractivity contribution is 14.1. The average Bonchev–Trinajstić information content (AvgIpc) is 2.22. The second-order valence-electron chi connectivity index (χ2n) is 2.74. The lowest BCUT2D eigenvalue weighted by Crippen LogP contribution is -2.27. The molecular weight excluding hydrogens is 417 g/mol. The van der Waals surface area contributed by atoms with E-state index >= 15 is 0 Å². The third-order valence-corrected chi connectivity index (χ3v) is 4.88. The fourth-order valence-electron chi connectivity index (χ4n) is 0.838. The minimum atomic E-state index is -3.81. The van der Waals surface area contributed by atoms with Crippen molar-refractivity contribution >= 4 is 60.8 Å². The summed E-state index contributed by atoms with van der Waals surface area (Å²) in [5.41, 5.74) is 0.244. The van der Waals surface area contributed by atoms with Crippen LogP contribution in [-0.4, -0.2) is 27.7 Å². The van der Waals surface area contributed by atoms with Crippen LogP contribution in [0.2, 0.25) is 5.15 Å². The maximum Gasteiger partial charge on any atom is 0.246 e. The first-order valence-corrected chi connectivity index (χ1v) is 8.29. The molecule has 7 nitrogen and oxygen atoms in total. The summed E-state index contributed by atoms with van der Waals surface area (Å²) >= 11 is 7.53. The van der Waals surface area contributed by atoms with Crippen molar-refractivity contribution in [1.82, 2.24) is 9.71 Å². The van der Waals surface area contributed by atoms with E-state index in [2.05, 4.69) is 9.71 Å². The van der Waals surface area contributed by atoms with Gasteiger partial charge in [-0.15, -0.1) is 0 Å². The summed E-state index contributed by atoms with van der Waals surface area (Å²) in [4.78, 5) is 3.75. The van der Waals surface area contributed by atoms with Crippen LogP contribution in [0.25, 0.3) is 0 Å². The maximum absolute atomic E-state index is 11.5. The predicted octanol–water partition coefficient (Wildman–Crippen LogP) is 0.791. The molecular formula is C7H11ClIN3O4S2. The number of thiol groups is 1. The lowest BCUT2D eigenvalue weighted by molar-refractivity contribution is 0.589. The number of hydrogen-bond donors (Lipinski definition) is 3. The van der Waals surface area contributed by atoms with Crippen LogP contribution in [0.1, 0.15) is 7.43 Å². The summed E-state index contributed by atoms with van der Waals surface area (Å²) in [6, 6.07) is 1.42. The first-order chi connectivity index (χ1) is 7.82. The van der Waals surface area contributed by atoms with Gasteiger partial charge in [0.15, 0.2) is 0 Å². The van der Waals surface area contributed by atoms with Gasteiger partial charge in [0, 0.05) is 6.20 Å². The van der Waals surface area contributed by atoms with Crippen LogP contribution in [0.15, 0.2) is 12.3 Å². The third-order valence-electron chi connectivity index (χ3n) is 1.50. The zero-order valence-electron chi connectivity index (χ0n) is 8.05. The van der Waals surface area contributed by atoms with Crippen molar-refractivity contribution in [3.63, 3.8) is 0 Å². The van der Waals surface area contributed by atoms with E-state index in [-0.39, 0.29) is 18.3 Å². The van der Waals surface area contributed by atoms with Crippen LogP contribution >= 0.6 is 34.2 Å². The lowest BCUT2D eigenvalue weighted by Gasteiger charge is -2.09. The molecule has 0 spiro atoms. The van der Waals surface area contributed by atoms with Gasteiger partial charge >= 0.3 is 0 Å². The Morgan fingerprint density at radius 3 is 2.61 bits per heavy atom. The average molecular weight is 428 g/mol. The Hall–Kier alpha value is -0.170. The zero-order chi connectivity index (χ0) is 13.1. The molecule has 0 aliphatic rings. The molecule has 0 aliphatic carbocycles. The molecule has 1 heterocycles. The predicted molar refractivity (Wildman–Crippen MR) is 79.6 cm³/mol. The van der Waals surface area contributed by atoms with E-state index in [0.29, 0.717) is 3.57 Å². The maximum atomic E-state index is 11.5. The van der Waals surface area contributed by atoms with Crippen LogP contribution < -0.4 is 9.44 Å². The van der Waals surface area contributed by atoms with Crippen LogP contribution in [0, 0.1) is 3.57 Å². The van der Waals surface area contributed by atoms with Crippen molar-refractivity contribution in [3.8, 4) is 0 Å². The van der Waals surface area contributed by atoms with E-state index in [1.54, 1.807) is 4.72 Å². The minimum absolute atomic E-state index is 0. The fourth-order valence-corrected chi connectivity index (χ4v) is 3.31. The van der Waals surface area contributed by atoms with Crippen molar-refractivity contribution in [3.05, 3.63) is 21.0 Å². The molecule has 18 heavy (non-hydrogen) atoms. The Bertz CT molecular complexity index is 582. The molecule has 0 amide bonds. The first kappa shape index (κ1) is 17.8. The molecule has 0 saturated heterocycles. The van der Waals surface area contributed by atoms with Gasteiger partial charge in [-0.25, -0.2) is 26.5 Å². The number of aromatic nitrogens is 1. The number of nitrogens with one attached hydrogen (secondary N) is 2. The van der Waals surface area contributed by atoms with Gasteiger partial charge < -0.3 is 0 Å². The summed E-state index contributed by atoms with van der Waals surface area (Å²) in [6.45, 7) is 0. The van der Waals surface area contributed by atoms with Gasteiger partial charge in [-0.05, 0) is 28.7 Å². The molecule has 0 aliphatic heterocycles. The molecule has 0 bridgehead atoms. The van der Waals surface area contributed by atoms with Gasteiger partial charge in [-0.2, -0.15) is 0 Å². The van der Waals surface area contributed by atoms with Gasteiger partial charge in [0.1, 0.15) is 11.0 Å². The number of pyridine rings is 1. The Kier molecular flexibility index (Phi) is 7.36. The first-order valence-electron chi connectivity index (χ1n) is 4.00. The Labute approximate surface area is 126 Å². The van der Waals surface area contributed by atoms with Crippen LogP contribution in [0.3, 0.4) is 0 Å². The zero-order valence-corrected chi connectivity index (χ0v) is 12.7. The summed E-state index contributed by atoms with van der Waals surface area (Å²) in [5.74, 6) is -0.734. The van der Waals surface area contributed by atoms with Crippen LogP contribution in [0.4, 0.5) is 5.69 Å². The highest BCUT2D eigenvalue weighted by Gasteiger charge is 2.13. The summed E-state index contributed by atoms with van der Waals surface area (Å²) < 4.78 is 47.8. The Morgan fingerprint density at radius 2 is 2.06 bits per heavy atom. The van der Waals surface area contributed by atoms with Gasteiger partial charge in [-0.3, -0.25) is 4.72 Å². The quantitative estimate of drug-likeness (QED) is 0.366. The molecule has 1 aromatic rings. The van der Waals surface area contributed by atoms with Gasteiger partial charge in [0.2, 0.25) is 20.9 Å². The van der Waals surface area contributed by atoms with Gasteiger partial charge in [0.25, 0.3) is 0 Å². The molecule has 0 saturated carbocycles. The third kappa shape index (κ3) is 5.65. The summed E-state index contributed by atoms with van der Waals surface area (Å²) in [6.07, 6.45) is 1.34. The number of nitrogens with zero attached hydrogens (tertiary/aromatic N) is 1. The van der Waals surface area contributed by atoms with E-state index in [1.807, 2.05) is 22.6 Å². The molecule has 0 atom stereocenters. The van der Waals surface area contributed by atoms with Crippen molar-refractivity contribution in [2.24, 2.45) is 0 Å². The fraction of sp³-hybridized carbons (Fsp3) is 0.286. The number of halogens is 2. The number of sulfonamides is 1. The molecule has 0 unspecified atom stereocenters. The van der Waals surface area contributed by atoms with E-state index in [1.165, 1.54) is 12.3 Å². The highest BCUT2D eigenvalue weighted by atomic mass is 127. The number of anilines is 1. The monoisotopic (exact) mass is 427 g/mol. The smallest absolute Gasteiger partial charge is 0.246 e. The molecule has 1 aromatic heterocycles. The topological polar surface area (TPSA) is 105 Å². The standard InChI is InChI=1S/C6H7ClIN3O4S2.CH4/c7-6-5(8)4(1-2-9-6)11-17(14,15)3-10-16(12)13;/h1-2,16H,3H2,(H,9,11)(H,10,12,13);1H4. The van der Waals surface area contributed by atoms with E-state index in [4.69, 9.17) is 11.6 Å². The molecule has 2 N–H and O–H groups in total. The lowest BCUT2D eigenvalue weighted by atomic mass is 10.4. The number of hydrogen-bond acceptors (Lipinski definition) is 5. The van der Waals surface area contributed by atoms with Crippen molar-refractivity contribution in [2.45, 2.75) is 7.43 Å². The van der Waals surface area contributed by atoms with Crippen LogP contribution in [-0.2, 0) is 20.9 Å². The molecule has 11 heteroatoms. The second kappa shape index (κ2) is 7.43. The van der Waals surface area contributed by atoms with Crippen LogP contribution in [0.5, 0.6) is 0 Å². The largest absolute Gasteiger partial charge is 0.281 e. The molecule has 104 valence electrons.